The zero-order valence-electron chi connectivity index (χ0n) is 10.3. The van der Waals surface area contributed by atoms with E-state index >= 15 is 0 Å². The van der Waals surface area contributed by atoms with Gasteiger partial charge in [0.25, 0.3) is 0 Å². The molecule has 0 heterocycles. The zero-order chi connectivity index (χ0) is 12.7. The molecule has 1 rings (SSSR count). The zero-order valence-corrected chi connectivity index (χ0v) is 10.3. The molecule has 0 aliphatic rings. The number of hydrogen-bond donors (Lipinski definition) is 0. The highest BCUT2D eigenvalue weighted by Gasteiger charge is 2.09. The molecule has 0 unspecified atom stereocenters. The van der Waals surface area contributed by atoms with E-state index in [1.807, 2.05) is 31.2 Å². The van der Waals surface area contributed by atoms with Crippen LogP contribution in [0.4, 0.5) is 0 Å². The van der Waals surface area contributed by atoms with Crippen LogP contribution in [-0.2, 0) is 9.68 Å². The van der Waals surface area contributed by atoms with Crippen molar-refractivity contribution in [3.63, 3.8) is 0 Å². The molecule has 0 atom stereocenters. The lowest BCUT2D eigenvalue weighted by Gasteiger charge is -2.05. The number of rotatable bonds is 5. The monoisotopic (exact) mass is 232 g/mol. The van der Waals surface area contributed by atoms with Crippen LogP contribution in [0, 0.1) is 0 Å². The summed E-state index contributed by atoms with van der Waals surface area (Å²) in [6.07, 6.45) is 1.78. The Hall–Kier alpha value is -2.10. The van der Waals surface area contributed by atoms with Crippen molar-refractivity contribution in [1.29, 1.82) is 0 Å². The Bertz CT molecular complexity index is 433. The molecule has 0 spiro atoms. The van der Waals surface area contributed by atoms with Gasteiger partial charge >= 0.3 is 0 Å². The molecule has 0 aromatic heterocycles. The Morgan fingerprint density at radius 2 is 1.71 bits per heavy atom. The van der Waals surface area contributed by atoms with Crippen LogP contribution in [0.25, 0.3) is 6.08 Å². The average Bonchev–Trinajstić information content (AvgIpc) is 2.36. The van der Waals surface area contributed by atoms with Crippen LogP contribution >= 0.6 is 0 Å². The van der Waals surface area contributed by atoms with Crippen LogP contribution in [0.2, 0.25) is 0 Å². The van der Waals surface area contributed by atoms with Gasteiger partial charge in [0.15, 0.2) is 0 Å². The van der Waals surface area contributed by atoms with Crippen LogP contribution in [0.15, 0.2) is 41.2 Å². The van der Waals surface area contributed by atoms with Gasteiger partial charge in [-0.2, -0.15) is 0 Å². The maximum absolute atomic E-state index is 4.81. The van der Waals surface area contributed by atoms with Crippen molar-refractivity contribution in [1.82, 2.24) is 0 Å². The topological polar surface area (TPSA) is 43.2 Å². The molecule has 0 bridgehead atoms. The fourth-order valence-electron chi connectivity index (χ4n) is 1.38. The third kappa shape index (κ3) is 3.45. The Kier molecular flexibility index (Phi) is 4.94. The molecule has 1 aromatic carbocycles. The van der Waals surface area contributed by atoms with Crippen molar-refractivity contribution in [2.24, 2.45) is 10.3 Å². The van der Waals surface area contributed by atoms with Crippen LogP contribution in [-0.4, -0.2) is 25.6 Å². The Morgan fingerprint density at radius 3 is 2.18 bits per heavy atom. The molecule has 0 amide bonds. The minimum atomic E-state index is 0.643. The van der Waals surface area contributed by atoms with Gasteiger partial charge in [0, 0.05) is 5.56 Å². The number of nitrogens with zero attached hydrogens (tertiary/aromatic N) is 2. The molecule has 0 fully saturated rings. The molecule has 0 radical (unpaired) electrons. The summed E-state index contributed by atoms with van der Waals surface area (Å²) in [4.78, 5) is 9.55. The maximum atomic E-state index is 4.81. The molecule has 4 heteroatoms. The molecule has 0 aliphatic heterocycles. The second-order valence-electron chi connectivity index (χ2n) is 3.31. The maximum Gasteiger partial charge on any atom is 0.134 e. The minimum absolute atomic E-state index is 0.643. The molecule has 0 aliphatic carbocycles. The van der Waals surface area contributed by atoms with Crippen LogP contribution in [0.5, 0.6) is 0 Å². The smallest absolute Gasteiger partial charge is 0.134 e. The predicted octanol–water partition coefficient (Wildman–Crippen LogP) is 2.70. The highest BCUT2D eigenvalue weighted by atomic mass is 16.6. The lowest BCUT2D eigenvalue weighted by molar-refractivity contribution is 0.210. The predicted molar refractivity (Wildman–Crippen MR) is 70.2 cm³/mol. The van der Waals surface area contributed by atoms with E-state index in [1.165, 1.54) is 14.2 Å². The van der Waals surface area contributed by atoms with E-state index in [2.05, 4.69) is 16.9 Å². The highest BCUT2D eigenvalue weighted by Crippen LogP contribution is 2.08. The molecule has 0 saturated heterocycles. The molecular formula is C13H16N2O2. The first kappa shape index (κ1) is 13.0. The van der Waals surface area contributed by atoms with Gasteiger partial charge in [-0.1, -0.05) is 47.2 Å². The summed E-state index contributed by atoms with van der Waals surface area (Å²) < 4.78 is 0. The van der Waals surface area contributed by atoms with Gasteiger partial charge in [-0.3, -0.25) is 0 Å². The van der Waals surface area contributed by atoms with Gasteiger partial charge in [0.05, 0.1) is 0 Å². The van der Waals surface area contributed by atoms with Crippen molar-refractivity contribution >= 4 is 17.5 Å². The number of oxime groups is 2. The second-order valence-corrected chi connectivity index (χ2v) is 3.31. The van der Waals surface area contributed by atoms with Gasteiger partial charge in [-0.25, -0.2) is 0 Å². The van der Waals surface area contributed by atoms with Gasteiger partial charge in [0.1, 0.15) is 25.6 Å². The summed E-state index contributed by atoms with van der Waals surface area (Å²) in [7, 11) is 2.99. The summed E-state index contributed by atoms with van der Waals surface area (Å²) in [5, 5.41) is 7.80. The van der Waals surface area contributed by atoms with E-state index in [4.69, 9.17) is 9.68 Å². The van der Waals surface area contributed by atoms with E-state index in [-0.39, 0.29) is 0 Å². The second kappa shape index (κ2) is 6.48. The first-order chi connectivity index (χ1) is 8.22. The van der Waals surface area contributed by atoms with Gasteiger partial charge in [0.2, 0.25) is 0 Å². The van der Waals surface area contributed by atoms with Gasteiger partial charge in [-0.05, 0) is 12.5 Å². The fourth-order valence-corrected chi connectivity index (χ4v) is 1.38. The van der Waals surface area contributed by atoms with E-state index in [0.29, 0.717) is 11.4 Å². The quantitative estimate of drug-likeness (QED) is 0.578. The highest BCUT2D eigenvalue weighted by molar-refractivity contribution is 6.47. The van der Waals surface area contributed by atoms with E-state index in [0.717, 1.165) is 11.1 Å². The molecule has 1 aromatic rings. The molecule has 90 valence electrons. The fraction of sp³-hybridized carbons (Fsp3) is 0.231. The van der Waals surface area contributed by atoms with Gasteiger partial charge in [-0.15, -0.1) is 0 Å². The number of hydrogen-bond acceptors (Lipinski definition) is 4. The summed E-state index contributed by atoms with van der Waals surface area (Å²) in [5.41, 5.74) is 3.26. The standard InChI is InChI=1S/C13H16N2O2/c1-5-11-6-8-12(9-7-11)13(15-17-4)10(2)14-16-3/h5-9H,1H2,2-4H3. The first-order valence-corrected chi connectivity index (χ1v) is 5.15. The summed E-state index contributed by atoms with van der Waals surface area (Å²) in [6, 6.07) is 7.77. The molecule has 0 saturated carbocycles. The van der Waals surface area contributed by atoms with E-state index in [9.17, 15) is 0 Å². The van der Waals surface area contributed by atoms with Crippen LogP contribution in [0.1, 0.15) is 18.1 Å². The third-order valence-electron chi connectivity index (χ3n) is 2.17. The largest absolute Gasteiger partial charge is 0.399 e. The average molecular weight is 232 g/mol. The summed E-state index contributed by atoms with van der Waals surface area (Å²) in [5.74, 6) is 0. The van der Waals surface area contributed by atoms with Crippen molar-refractivity contribution in [2.45, 2.75) is 6.92 Å². The van der Waals surface area contributed by atoms with Gasteiger partial charge < -0.3 is 9.68 Å². The first-order valence-electron chi connectivity index (χ1n) is 5.15. The molecule has 17 heavy (non-hydrogen) atoms. The van der Waals surface area contributed by atoms with Crippen molar-refractivity contribution in [2.75, 3.05) is 14.2 Å². The van der Waals surface area contributed by atoms with E-state index < -0.39 is 0 Å². The Balaban J connectivity index is 3.10. The Labute approximate surface area is 101 Å². The van der Waals surface area contributed by atoms with Crippen molar-refractivity contribution in [3.05, 3.63) is 42.0 Å². The Morgan fingerprint density at radius 1 is 1.12 bits per heavy atom. The molecular weight excluding hydrogens is 216 g/mol. The SMILES string of the molecule is C=Cc1ccc(C(=NOC)C(C)=NOC)cc1. The van der Waals surface area contributed by atoms with E-state index in [1.54, 1.807) is 6.08 Å². The normalized spacial score (nSPS) is 12.2. The third-order valence-corrected chi connectivity index (χ3v) is 2.17. The van der Waals surface area contributed by atoms with Crippen molar-refractivity contribution < 1.29 is 9.68 Å². The summed E-state index contributed by atoms with van der Waals surface area (Å²) >= 11 is 0. The summed E-state index contributed by atoms with van der Waals surface area (Å²) in [6.45, 7) is 5.52. The lowest BCUT2D eigenvalue weighted by Crippen LogP contribution is -2.13. The molecule has 4 nitrogen and oxygen atoms in total. The van der Waals surface area contributed by atoms with Crippen molar-refractivity contribution in [3.8, 4) is 0 Å². The number of benzene rings is 1. The minimum Gasteiger partial charge on any atom is -0.399 e. The molecule has 0 N–H and O–H groups in total. The van der Waals surface area contributed by atoms with Crippen LogP contribution in [0.3, 0.4) is 0 Å². The lowest BCUT2D eigenvalue weighted by atomic mass is 10.0. The van der Waals surface area contributed by atoms with Crippen LogP contribution < -0.4 is 0 Å².